The summed E-state index contributed by atoms with van der Waals surface area (Å²) in [4.78, 5) is 32.5. The third-order valence-electron chi connectivity index (χ3n) is 4.38. The molecule has 0 saturated heterocycles. The van der Waals surface area contributed by atoms with E-state index >= 15 is 0 Å². The monoisotopic (exact) mass is 389 g/mol. The number of fused-ring (bicyclic) bond motifs is 1. The first kappa shape index (κ1) is 18.4. The molecule has 146 valence electrons. The highest BCUT2D eigenvalue weighted by Gasteiger charge is 2.09. The molecule has 0 unspecified atom stereocenters. The lowest BCUT2D eigenvalue weighted by Gasteiger charge is -2.07. The lowest BCUT2D eigenvalue weighted by atomic mass is 10.2. The molecular weight excluding hydrogens is 370 g/mol. The van der Waals surface area contributed by atoms with Crippen LogP contribution in [0.25, 0.3) is 16.9 Å². The van der Waals surface area contributed by atoms with Crippen LogP contribution in [0.15, 0.2) is 71.7 Å². The Morgan fingerprint density at radius 2 is 1.90 bits per heavy atom. The summed E-state index contributed by atoms with van der Waals surface area (Å²) in [6, 6.07) is 14.8. The van der Waals surface area contributed by atoms with E-state index in [9.17, 15) is 9.59 Å². The van der Waals surface area contributed by atoms with Gasteiger partial charge >= 0.3 is 0 Å². The number of furan rings is 1. The lowest BCUT2D eigenvalue weighted by Crippen LogP contribution is -2.30. The molecule has 4 rings (SSSR count). The summed E-state index contributed by atoms with van der Waals surface area (Å²) in [7, 11) is 0. The second kappa shape index (κ2) is 8.39. The van der Waals surface area contributed by atoms with Crippen molar-refractivity contribution in [1.29, 1.82) is 0 Å². The van der Waals surface area contributed by atoms with Crippen molar-refractivity contribution < 1.29 is 14.0 Å². The van der Waals surface area contributed by atoms with Crippen molar-refractivity contribution >= 4 is 22.8 Å². The van der Waals surface area contributed by atoms with E-state index in [1.54, 1.807) is 24.7 Å². The average Bonchev–Trinajstić information content (AvgIpc) is 3.43. The number of benzene rings is 1. The van der Waals surface area contributed by atoms with Gasteiger partial charge in [0.15, 0.2) is 5.76 Å². The maximum Gasteiger partial charge on any atom is 0.286 e. The predicted octanol–water partition coefficient (Wildman–Crippen LogP) is 2.45. The predicted molar refractivity (Wildman–Crippen MR) is 106 cm³/mol. The summed E-state index contributed by atoms with van der Waals surface area (Å²) in [6.45, 7) is 0.596. The van der Waals surface area contributed by atoms with Crippen molar-refractivity contribution in [3.05, 3.63) is 78.6 Å². The number of hydrogen-bond acceptors (Lipinski definition) is 5. The van der Waals surface area contributed by atoms with Crippen LogP contribution in [0.4, 0.5) is 0 Å². The second-order valence-corrected chi connectivity index (χ2v) is 6.39. The van der Waals surface area contributed by atoms with Crippen LogP contribution in [0.3, 0.4) is 0 Å². The third kappa shape index (κ3) is 4.32. The quantitative estimate of drug-likeness (QED) is 0.505. The molecule has 3 aromatic heterocycles. The Hall–Kier alpha value is -3.94. The molecule has 0 saturated carbocycles. The SMILES string of the molecule is O=C(CCNC(=O)c1ccco1)NCc1ccc(-n2cnc3ccccc32)nc1. The van der Waals surface area contributed by atoms with E-state index in [4.69, 9.17) is 4.42 Å². The zero-order valence-corrected chi connectivity index (χ0v) is 15.5. The number of pyridine rings is 1. The van der Waals surface area contributed by atoms with E-state index in [1.807, 2.05) is 41.0 Å². The second-order valence-electron chi connectivity index (χ2n) is 6.39. The van der Waals surface area contributed by atoms with Crippen LogP contribution < -0.4 is 10.6 Å². The first-order valence-electron chi connectivity index (χ1n) is 9.16. The molecule has 0 aliphatic rings. The van der Waals surface area contributed by atoms with E-state index in [2.05, 4.69) is 20.6 Å². The zero-order chi connectivity index (χ0) is 20.1. The van der Waals surface area contributed by atoms with Crippen LogP contribution in [0.5, 0.6) is 0 Å². The highest BCUT2D eigenvalue weighted by atomic mass is 16.3. The van der Waals surface area contributed by atoms with Gasteiger partial charge in [0.1, 0.15) is 12.1 Å². The number of rotatable bonds is 7. The van der Waals surface area contributed by atoms with Gasteiger partial charge in [-0.3, -0.25) is 14.2 Å². The molecule has 2 amide bonds. The van der Waals surface area contributed by atoms with Gasteiger partial charge in [-0.1, -0.05) is 18.2 Å². The Kier molecular flexibility index (Phi) is 5.33. The summed E-state index contributed by atoms with van der Waals surface area (Å²) >= 11 is 0. The summed E-state index contributed by atoms with van der Waals surface area (Å²) in [5.74, 6) is 0.487. The number of carbonyl (C=O) groups excluding carboxylic acids is 2. The van der Waals surface area contributed by atoms with Crippen LogP contribution in [0.1, 0.15) is 22.5 Å². The van der Waals surface area contributed by atoms with Crippen LogP contribution in [-0.4, -0.2) is 32.9 Å². The molecule has 3 heterocycles. The number of imidazole rings is 1. The van der Waals surface area contributed by atoms with Gasteiger partial charge in [0.2, 0.25) is 5.91 Å². The van der Waals surface area contributed by atoms with Gasteiger partial charge in [-0.15, -0.1) is 0 Å². The van der Waals surface area contributed by atoms with Gasteiger partial charge in [0.25, 0.3) is 5.91 Å². The molecule has 0 fully saturated rings. The molecule has 0 atom stereocenters. The minimum absolute atomic E-state index is 0.158. The first-order valence-corrected chi connectivity index (χ1v) is 9.16. The summed E-state index contributed by atoms with van der Waals surface area (Å²) in [5.41, 5.74) is 2.77. The minimum Gasteiger partial charge on any atom is -0.459 e. The number of amides is 2. The highest BCUT2D eigenvalue weighted by Crippen LogP contribution is 2.16. The largest absolute Gasteiger partial charge is 0.459 e. The molecule has 0 aliphatic carbocycles. The summed E-state index contributed by atoms with van der Waals surface area (Å²) in [5, 5.41) is 5.46. The minimum atomic E-state index is -0.338. The van der Waals surface area contributed by atoms with Gasteiger partial charge in [-0.25, -0.2) is 9.97 Å². The number of hydrogen-bond donors (Lipinski definition) is 2. The zero-order valence-electron chi connectivity index (χ0n) is 15.5. The molecule has 0 bridgehead atoms. The molecular formula is C21H19N5O3. The molecule has 8 nitrogen and oxygen atoms in total. The van der Waals surface area contributed by atoms with Crippen LogP contribution in [-0.2, 0) is 11.3 Å². The summed E-state index contributed by atoms with van der Waals surface area (Å²) in [6.07, 6.45) is 5.07. The Morgan fingerprint density at radius 3 is 2.69 bits per heavy atom. The standard InChI is InChI=1S/C21H19N5O3/c27-20(9-10-22-21(28)18-6-3-11-29-18)24-13-15-7-8-19(23-12-15)26-14-25-16-4-1-2-5-17(16)26/h1-8,11-12,14H,9-10,13H2,(H,22,28)(H,24,27). The van der Waals surface area contributed by atoms with Crippen molar-refractivity contribution in [2.24, 2.45) is 0 Å². The number of nitrogens with one attached hydrogen (secondary N) is 2. The van der Waals surface area contributed by atoms with Crippen LogP contribution >= 0.6 is 0 Å². The molecule has 0 aliphatic heterocycles. The molecule has 1 aromatic carbocycles. The van der Waals surface area contributed by atoms with E-state index in [0.717, 1.165) is 22.4 Å². The fourth-order valence-corrected chi connectivity index (χ4v) is 2.88. The fraction of sp³-hybridized carbons (Fsp3) is 0.143. The van der Waals surface area contributed by atoms with Crippen LogP contribution in [0.2, 0.25) is 0 Å². The van der Waals surface area contributed by atoms with Crippen molar-refractivity contribution in [2.75, 3.05) is 6.54 Å². The van der Waals surface area contributed by atoms with Crippen molar-refractivity contribution in [2.45, 2.75) is 13.0 Å². The Morgan fingerprint density at radius 1 is 1.00 bits per heavy atom. The highest BCUT2D eigenvalue weighted by molar-refractivity contribution is 5.91. The molecule has 29 heavy (non-hydrogen) atoms. The van der Waals surface area contributed by atoms with Crippen LogP contribution in [0, 0.1) is 0 Å². The third-order valence-corrected chi connectivity index (χ3v) is 4.38. The number of carbonyl (C=O) groups is 2. The van der Waals surface area contributed by atoms with E-state index in [-0.39, 0.29) is 30.5 Å². The van der Waals surface area contributed by atoms with Gasteiger partial charge in [0.05, 0.1) is 17.3 Å². The van der Waals surface area contributed by atoms with Crippen molar-refractivity contribution in [1.82, 2.24) is 25.2 Å². The van der Waals surface area contributed by atoms with Gasteiger partial charge in [0, 0.05) is 25.7 Å². The van der Waals surface area contributed by atoms with Crippen molar-refractivity contribution in [3.8, 4) is 5.82 Å². The van der Waals surface area contributed by atoms with E-state index in [0.29, 0.717) is 6.54 Å². The average molecular weight is 389 g/mol. The molecule has 2 N–H and O–H groups in total. The summed E-state index contributed by atoms with van der Waals surface area (Å²) < 4.78 is 6.91. The van der Waals surface area contributed by atoms with Gasteiger partial charge in [-0.05, 0) is 35.9 Å². The van der Waals surface area contributed by atoms with E-state index in [1.165, 1.54) is 6.26 Å². The van der Waals surface area contributed by atoms with E-state index < -0.39 is 0 Å². The number of nitrogens with zero attached hydrogens (tertiary/aromatic N) is 3. The smallest absolute Gasteiger partial charge is 0.286 e. The lowest BCUT2D eigenvalue weighted by molar-refractivity contribution is -0.121. The Balaban J connectivity index is 1.27. The van der Waals surface area contributed by atoms with Gasteiger partial charge < -0.3 is 15.1 Å². The topological polar surface area (TPSA) is 102 Å². The first-order chi connectivity index (χ1) is 14.2. The maximum atomic E-state index is 12.0. The number of aromatic nitrogens is 3. The van der Waals surface area contributed by atoms with Gasteiger partial charge in [-0.2, -0.15) is 0 Å². The maximum absolute atomic E-state index is 12.0. The Labute approximate surface area is 166 Å². The molecule has 0 radical (unpaired) electrons. The Bertz CT molecular complexity index is 1120. The fourth-order valence-electron chi connectivity index (χ4n) is 2.88. The molecule has 8 heteroatoms. The molecule has 0 spiro atoms. The van der Waals surface area contributed by atoms with Crippen molar-refractivity contribution in [3.63, 3.8) is 0 Å². The normalized spacial score (nSPS) is 10.8. The number of para-hydroxylation sites is 2. The molecule has 4 aromatic rings.